The van der Waals surface area contributed by atoms with E-state index in [1.165, 1.54) is 0 Å². The summed E-state index contributed by atoms with van der Waals surface area (Å²) in [4.78, 5) is 19.6. The number of nitrogens with zero attached hydrogens (tertiary/aromatic N) is 2. The van der Waals surface area contributed by atoms with Crippen LogP contribution in [-0.4, -0.2) is 42.1 Å². The van der Waals surface area contributed by atoms with Gasteiger partial charge in [-0.05, 0) is 73.4 Å². The Kier molecular flexibility index (Phi) is 8.37. The molecular formula is C32H31ClN2O3. The topological polar surface area (TPSA) is 51.7 Å². The number of amides is 1. The van der Waals surface area contributed by atoms with E-state index >= 15 is 0 Å². The molecule has 1 atom stereocenters. The number of benzene rings is 3. The van der Waals surface area contributed by atoms with Gasteiger partial charge in [0.25, 0.3) is 5.91 Å². The number of carbonyl (C=O) groups excluding carboxylic acids is 1. The minimum Gasteiger partial charge on any atom is -0.490 e. The van der Waals surface area contributed by atoms with Crippen molar-refractivity contribution in [2.24, 2.45) is 0 Å². The first-order chi connectivity index (χ1) is 18.6. The lowest BCUT2D eigenvalue weighted by atomic mass is 10.1. The van der Waals surface area contributed by atoms with Gasteiger partial charge in [0.1, 0.15) is 18.5 Å². The van der Waals surface area contributed by atoms with Crippen molar-refractivity contribution in [3.8, 4) is 5.75 Å². The molecule has 4 aromatic rings. The summed E-state index contributed by atoms with van der Waals surface area (Å²) in [5, 5.41) is 1.72. The average Bonchev–Trinajstić information content (AvgIpc) is 3.49. The summed E-state index contributed by atoms with van der Waals surface area (Å²) < 4.78 is 12.3. The van der Waals surface area contributed by atoms with Gasteiger partial charge in [0.05, 0.1) is 16.8 Å². The molecule has 0 bridgehead atoms. The first-order valence-corrected chi connectivity index (χ1v) is 13.5. The van der Waals surface area contributed by atoms with Crippen LogP contribution in [0, 0.1) is 0 Å². The minimum absolute atomic E-state index is 0.0303. The molecule has 6 heteroatoms. The van der Waals surface area contributed by atoms with E-state index in [2.05, 4.69) is 6.07 Å². The van der Waals surface area contributed by atoms with Crippen LogP contribution in [0.15, 0.2) is 78.9 Å². The SMILES string of the molecule is CCOC(COc1ccccc1C(=O)N1CCCC1)c1cccc(/C=C/c2ccc3ccc(Cl)cc3n2)c1. The van der Waals surface area contributed by atoms with Crippen molar-refractivity contribution in [3.05, 3.63) is 106 Å². The number of para-hydroxylation sites is 1. The summed E-state index contributed by atoms with van der Waals surface area (Å²) in [5.41, 5.74) is 4.37. The van der Waals surface area contributed by atoms with Crippen molar-refractivity contribution >= 4 is 40.6 Å². The number of likely N-dealkylation sites (tertiary alicyclic amines) is 1. The van der Waals surface area contributed by atoms with Gasteiger partial charge in [0, 0.05) is 30.1 Å². The molecule has 0 N–H and O–H groups in total. The lowest BCUT2D eigenvalue weighted by molar-refractivity contribution is 0.0261. The second kappa shape index (κ2) is 12.2. The summed E-state index contributed by atoms with van der Waals surface area (Å²) in [6.07, 6.45) is 5.86. The van der Waals surface area contributed by atoms with E-state index in [-0.39, 0.29) is 12.0 Å². The number of carbonyl (C=O) groups is 1. The molecule has 0 saturated carbocycles. The highest BCUT2D eigenvalue weighted by Crippen LogP contribution is 2.26. The molecule has 194 valence electrons. The van der Waals surface area contributed by atoms with Crippen LogP contribution in [-0.2, 0) is 4.74 Å². The molecule has 5 rings (SSSR count). The van der Waals surface area contributed by atoms with Crippen LogP contribution >= 0.6 is 11.6 Å². The van der Waals surface area contributed by atoms with E-state index in [1.54, 1.807) is 0 Å². The predicted molar refractivity (Wildman–Crippen MR) is 154 cm³/mol. The molecule has 5 nitrogen and oxygen atoms in total. The van der Waals surface area contributed by atoms with Crippen LogP contribution in [0.2, 0.25) is 5.02 Å². The number of pyridine rings is 1. The first kappa shape index (κ1) is 26.0. The van der Waals surface area contributed by atoms with E-state index in [9.17, 15) is 4.79 Å². The van der Waals surface area contributed by atoms with E-state index in [1.807, 2.05) is 96.8 Å². The molecule has 0 spiro atoms. The van der Waals surface area contributed by atoms with Crippen LogP contribution in [0.3, 0.4) is 0 Å². The Morgan fingerprint density at radius 3 is 2.66 bits per heavy atom. The van der Waals surface area contributed by atoms with E-state index in [0.717, 1.165) is 53.7 Å². The largest absolute Gasteiger partial charge is 0.490 e. The molecule has 1 amide bonds. The van der Waals surface area contributed by atoms with Crippen molar-refractivity contribution in [1.29, 1.82) is 0 Å². The summed E-state index contributed by atoms with van der Waals surface area (Å²) in [7, 11) is 0. The fourth-order valence-corrected chi connectivity index (χ4v) is 4.88. The Morgan fingerprint density at radius 1 is 1.00 bits per heavy atom. The van der Waals surface area contributed by atoms with Gasteiger partial charge in [-0.25, -0.2) is 4.98 Å². The second-order valence-corrected chi connectivity index (χ2v) is 9.76. The third-order valence-corrected chi connectivity index (χ3v) is 6.91. The molecular weight excluding hydrogens is 496 g/mol. The number of ether oxygens (including phenoxy) is 2. The van der Waals surface area contributed by atoms with Crippen LogP contribution in [0.25, 0.3) is 23.1 Å². The monoisotopic (exact) mass is 526 g/mol. The molecule has 38 heavy (non-hydrogen) atoms. The molecule has 1 aromatic heterocycles. The predicted octanol–water partition coefficient (Wildman–Crippen LogP) is 7.45. The van der Waals surface area contributed by atoms with Gasteiger partial charge < -0.3 is 14.4 Å². The lowest BCUT2D eigenvalue weighted by Gasteiger charge is -2.21. The summed E-state index contributed by atoms with van der Waals surface area (Å²) >= 11 is 6.14. The number of hydrogen-bond acceptors (Lipinski definition) is 4. The molecule has 1 unspecified atom stereocenters. The summed E-state index contributed by atoms with van der Waals surface area (Å²) in [6, 6.07) is 25.4. The standard InChI is InChI=1S/C32H31ClN2O3/c1-2-37-31(22-38-30-11-4-3-10-28(30)32(36)35-18-5-6-19-35)25-9-7-8-23(20-25)12-16-27-17-14-24-13-15-26(33)21-29(24)34-27/h3-4,7-17,20-21,31H,2,5-6,18-19,22H2,1H3/b16-12+. The highest BCUT2D eigenvalue weighted by Gasteiger charge is 2.23. The second-order valence-electron chi connectivity index (χ2n) is 9.33. The van der Waals surface area contributed by atoms with Gasteiger partial charge in [-0.3, -0.25) is 4.79 Å². The van der Waals surface area contributed by atoms with Crippen LogP contribution in [0.4, 0.5) is 0 Å². The van der Waals surface area contributed by atoms with E-state index < -0.39 is 0 Å². The molecule has 1 aliphatic rings. The van der Waals surface area contributed by atoms with Crippen molar-refractivity contribution in [2.45, 2.75) is 25.9 Å². The Labute approximate surface area is 228 Å². The Morgan fingerprint density at radius 2 is 1.82 bits per heavy atom. The molecule has 1 fully saturated rings. The van der Waals surface area contributed by atoms with Crippen LogP contribution in [0.5, 0.6) is 5.75 Å². The normalized spacial score (nSPS) is 14.3. The highest BCUT2D eigenvalue weighted by atomic mass is 35.5. The van der Waals surface area contributed by atoms with Crippen molar-refractivity contribution in [3.63, 3.8) is 0 Å². The van der Waals surface area contributed by atoms with E-state index in [4.69, 9.17) is 26.1 Å². The number of fused-ring (bicyclic) bond motifs is 1. The highest BCUT2D eigenvalue weighted by molar-refractivity contribution is 6.31. The van der Waals surface area contributed by atoms with Gasteiger partial charge in [0.15, 0.2) is 0 Å². The third-order valence-electron chi connectivity index (χ3n) is 6.67. The van der Waals surface area contributed by atoms with Crippen LogP contribution < -0.4 is 4.74 Å². The van der Waals surface area contributed by atoms with Gasteiger partial charge >= 0.3 is 0 Å². The van der Waals surface area contributed by atoms with Crippen LogP contribution in [0.1, 0.15) is 53.0 Å². The maximum atomic E-state index is 13.0. The third kappa shape index (κ3) is 6.24. The molecule has 0 radical (unpaired) electrons. The van der Waals surface area contributed by atoms with Gasteiger partial charge in [-0.1, -0.05) is 60.1 Å². The maximum absolute atomic E-state index is 13.0. The molecule has 1 saturated heterocycles. The summed E-state index contributed by atoms with van der Waals surface area (Å²) in [6.45, 7) is 4.43. The van der Waals surface area contributed by atoms with Crippen molar-refractivity contribution in [1.82, 2.24) is 9.88 Å². The van der Waals surface area contributed by atoms with E-state index in [0.29, 0.717) is 29.5 Å². The number of aromatic nitrogens is 1. The quantitative estimate of drug-likeness (QED) is 0.227. The van der Waals surface area contributed by atoms with Crippen molar-refractivity contribution < 1.29 is 14.3 Å². The minimum atomic E-state index is -0.274. The number of rotatable bonds is 9. The Hall–Kier alpha value is -3.67. The van der Waals surface area contributed by atoms with Crippen molar-refractivity contribution in [2.75, 3.05) is 26.3 Å². The molecule has 2 heterocycles. The maximum Gasteiger partial charge on any atom is 0.257 e. The molecule has 3 aromatic carbocycles. The van der Waals surface area contributed by atoms with Gasteiger partial charge in [0.2, 0.25) is 0 Å². The fraction of sp³-hybridized carbons (Fsp3) is 0.250. The first-order valence-electron chi connectivity index (χ1n) is 13.1. The van der Waals surface area contributed by atoms with Gasteiger partial charge in [-0.15, -0.1) is 0 Å². The lowest BCUT2D eigenvalue weighted by Crippen LogP contribution is -2.28. The zero-order valence-corrected chi connectivity index (χ0v) is 22.2. The average molecular weight is 527 g/mol. The molecule has 0 aliphatic carbocycles. The fourth-order valence-electron chi connectivity index (χ4n) is 4.71. The zero-order valence-electron chi connectivity index (χ0n) is 21.5. The smallest absolute Gasteiger partial charge is 0.257 e. The van der Waals surface area contributed by atoms with Gasteiger partial charge in [-0.2, -0.15) is 0 Å². The number of halogens is 1. The summed E-state index contributed by atoms with van der Waals surface area (Å²) in [5.74, 6) is 0.621. The number of hydrogen-bond donors (Lipinski definition) is 0. The molecule has 1 aliphatic heterocycles. The Bertz CT molecular complexity index is 1450. The zero-order chi connectivity index (χ0) is 26.3. The Balaban J connectivity index is 1.31.